The molecule has 18 heavy (non-hydrogen) atoms. The minimum Gasteiger partial charge on any atom is -0.394 e. The summed E-state index contributed by atoms with van der Waals surface area (Å²) in [7, 11) is 0. The van der Waals surface area contributed by atoms with Gasteiger partial charge in [0.25, 0.3) is 0 Å². The summed E-state index contributed by atoms with van der Waals surface area (Å²) in [5.74, 6) is 0.0254. The molecule has 4 N–H and O–H groups in total. The number of aliphatic hydroxyl groups excluding tert-OH is 1. The molecule has 0 amide bonds. The average molecular weight is 246 g/mol. The van der Waals surface area contributed by atoms with Gasteiger partial charge in [0.05, 0.1) is 12.6 Å². The Balaban J connectivity index is 0.00000137. The van der Waals surface area contributed by atoms with Crippen molar-refractivity contribution in [3.8, 4) is 6.19 Å². The molecule has 0 saturated carbocycles. The Morgan fingerprint density at radius 3 is 2.56 bits per heavy atom. The molecule has 0 saturated heterocycles. The van der Waals surface area contributed by atoms with Crippen LogP contribution < -0.4 is 11.1 Å². The van der Waals surface area contributed by atoms with Crippen LogP contribution in [0.25, 0.3) is 0 Å². The Morgan fingerprint density at radius 2 is 2.06 bits per heavy atom. The molecule has 0 bridgehead atoms. The van der Waals surface area contributed by atoms with Crippen LogP contribution in [0.4, 0.5) is 0 Å². The summed E-state index contributed by atoms with van der Waals surface area (Å²) >= 11 is 0. The highest BCUT2D eigenvalue weighted by Gasteiger charge is 2.07. The maximum absolute atomic E-state index is 9.13. The van der Waals surface area contributed by atoms with Gasteiger partial charge in [0.2, 0.25) is 5.96 Å². The third-order valence-electron chi connectivity index (χ3n) is 2.03. The highest BCUT2D eigenvalue weighted by Crippen LogP contribution is 2.05. The van der Waals surface area contributed by atoms with Crippen molar-refractivity contribution in [2.45, 2.75) is 12.5 Å². The summed E-state index contributed by atoms with van der Waals surface area (Å²) in [6, 6.07) is 9.34. The molecule has 0 radical (unpaired) electrons. The number of benzene rings is 1. The molecule has 1 aromatic carbocycles. The lowest BCUT2D eigenvalue weighted by Crippen LogP contribution is -2.30. The molecule has 0 heterocycles. The number of aliphatic imine (C=N–C) groups is 1. The van der Waals surface area contributed by atoms with Crippen molar-refractivity contribution in [2.75, 3.05) is 6.61 Å². The van der Waals surface area contributed by atoms with E-state index in [-0.39, 0.29) is 18.6 Å². The maximum atomic E-state index is 9.13. The van der Waals surface area contributed by atoms with E-state index in [9.17, 15) is 0 Å². The van der Waals surface area contributed by atoms with Gasteiger partial charge in [-0.3, -0.25) is 5.32 Å². The zero-order chi connectivity index (χ0) is 13.8. The summed E-state index contributed by atoms with van der Waals surface area (Å²) in [6.07, 6.45) is 2.26. The molecule has 5 nitrogen and oxygen atoms in total. The van der Waals surface area contributed by atoms with Crippen molar-refractivity contribution < 1.29 is 5.11 Å². The van der Waals surface area contributed by atoms with E-state index in [0.717, 1.165) is 5.56 Å². The molecular weight excluding hydrogens is 228 g/mol. The maximum Gasteiger partial charge on any atom is 0.202 e. The molecule has 0 aliphatic carbocycles. The van der Waals surface area contributed by atoms with Crippen LogP contribution in [-0.4, -0.2) is 23.7 Å². The van der Waals surface area contributed by atoms with Crippen LogP contribution in [0.5, 0.6) is 0 Å². The van der Waals surface area contributed by atoms with E-state index in [4.69, 9.17) is 16.1 Å². The summed E-state index contributed by atoms with van der Waals surface area (Å²) < 4.78 is 0. The Bertz CT molecular complexity index is 397. The van der Waals surface area contributed by atoms with Crippen LogP contribution in [0.2, 0.25) is 0 Å². The zero-order valence-electron chi connectivity index (χ0n) is 10.2. The third kappa shape index (κ3) is 6.30. The number of nitrogens with zero attached hydrogens (tertiary/aromatic N) is 2. The molecule has 0 unspecified atom stereocenters. The number of aliphatic hydroxyl groups is 1. The molecule has 0 aromatic heterocycles. The smallest absolute Gasteiger partial charge is 0.202 e. The molecule has 1 atom stereocenters. The molecule has 5 heteroatoms. The van der Waals surface area contributed by atoms with Crippen molar-refractivity contribution >= 4 is 5.96 Å². The quantitative estimate of drug-likeness (QED) is 0.240. The van der Waals surface area contributed by atoms with E-state index < -0.39 is 0 Å². The molecule has 0 fully saturated rings. The fraction of sp³-hybridized carbons (Fsp3) is 0.231. The van der Waals surface area contributed by atoms with Crippen LogP contribution in [0.3, 0.4) is 0 Å². The van der Waals surface area contributed by atoms with Gasteiger partial charge in [-0.25, -0.2) is 4.99 Å². The fourth-order valence-electron chi connectivity index (χ4n) is 1.32. The molecule has 1 aromatic rings. The van der Waals surface area contributed by atoms with Crippen LogP contribution in [0.1, 0.15) is 5.56 Å². The predicted molar refractivity (Wildman–Crippen MR) is 72.6 cm³/mol. The predicted octanol–water partition coefficient (Wildman–Crippen LogP) is 0.778. The third-order valence-corrected chi connectivity index (χ3v) is 2.03. The van der Waals surface area contributed by atoms with Gasteiger partial charge in [0.1, 0.15) is 0 Å². The number of nitrogens with two attached hydrogens (primary N) is 1. The minimum atomic E-state index is -0.330. The number of nitrogens with one attached hydrogen (secondary N) is 1. The number of guanidine groups is 1. The second-order valence-corrected chi connectivity index (χ2v) is 3.28. The number of rotatable bonds is 4. The van der Waals surface area contributed by atoms with Crippen LogP contribution in [0, 0.1) is 11.5 Å². The van der Waals surface area contributed by atoms with E-state index in [1.54, 1.807) is 6.19 Å². The van der Waals surface area contributed by atoms with E-state index in [1.165, 1.54) is 0 Å². The van der Waals surface area contributed by atoms with Crippen LogP contribution in [-0.2, 0) is 6.42 Å². The van der Waals surface area contributed by atoms with Gasteiger partial charge in [-0.1, -0.05) is 30.3 Å². The van der Waals surface area contributed by atoms with Crippen molar-refractivity contribution in [1.29, 1.82) is 5.26 Å². The Morgan fingerprint density at radius 1 is 1.44 bits per heavy atom. The van der Waals surface area contributed by atoms with Crippen LogP contribution in [0.15, 0.2) is 48.5 Å². The SMILES string of the molecule is C=C.N#CNC(N)=N[C@H](CO)Cc1ccccc1. The van der Waals surface area contributed by atoms with Crippen molar-refractivity contribution in [3.63, 3.8) is 0 Å². The molecule has 1 rings (SSSR count). The van der Waals surface area contributed by atoms with Crippen molar-refractivity contribution in [3.05, 3.63) is 49.1 Å². The standard InChI is InChI=1S/C11H14N4O.C2H4/c12-8-14-11(13)15-10(7-16)6-9-4-2-1-3-5-9;1-2/h1-5,10,16H,6-7H2,(H3,13,14,15);1-2H2/t10-;/m0./s1. The van der Waals surface area contributed by atoms with Crippen LogP contribution >= 0.6 is 0 Å². The van der Waals surface area contributed by atoms with E-state index in [0.29, 0.717) is 6.42 Å². The highest BCUT2D eigenvalue weighted by atomic mass is 16.3. The first kappa shape index (κ1) is 15.7. The molecule has 0 spiro atoms. The minimum absolute atomic E-state index is 0.0254. The van der Waals surface area contributed by atoms with E-state index in [1.807, 2.05) is 30.3 Å². The van der Waals surface area contributed by atoms with E-state index >= 15 is 0 Å². The van der Waals surface area contributed by atoms with Gasteiger partial charge in [-0.15, -0.1) is 13.2 Å². The largest absolute Gasteiger partial charge is 0.394 e. The van der Waals surface area contributed by atoms with Gasteiger partial charge >= 0.3 is 0 Å². The summed E-state index contributed by atoms with van der Waals surface area (Å²) in [6.45, 7) is 5.89. The zero-order valence-corrected chi connectivity index (χ0v) is 10.2. The molecular formula is C13H18N4O. The molecule has 96 valence electrons. The van der Waals surface area contributed by atoms with Gasteiger partial charge < -0.3 is 10.8 Å². The topological polar surface area (TPSA) is 94.4 Å². The Labute approximate surface area is 107 Å². The molecule has 0 aliphatic heterocycles. The normalized spacial score (nSPS) is 11.7. The first-order valence-corrected chi connectivity index (χ1v) is 5.39. The second-order valence-electron chi connectivity index (χ2n) is 3.28. The lowest BCUT2D eigenvalue weighted by molar-refractivity contribution is 0.266. The van der Waals surface area contributed by atoms with Gasteiger partial charge in [-0.2, -0.15) is 5.26 Å². The van der Waals surface area contributed by atoms with E-state index in [2.05, 4.69) is 23.5 Å². The lowest BCUT2D eigenvalue weighted by atomic mass is 10.1. The number of hydrogen-bond acceptors (Lipinski definition) is 3. The summed E-state index contributed by atoms with van der Waals surface area (Å²) in [5, 5.41) is 19.7. The van der Waals surface area contributed by atoms with Gasteiger partial charge in [0, 0.05) is 0 Å². The first-order chi connectivity index (χ1) is 8.76. The number of nitriles is 1. The molecule has 0 aliphatic rings. The monoisotopic (exact) mass is 246 g/mol. The van der Waals surface area contributed by atoms with Gasteiger partial charge in [0.15, 0.2) is 6.19 Å². The lowest BCUT2D eigenvalue weighted by Gasteiger charge is -2.10. The fourth-order valence-corrected chi connectivity index (χ4v) is 1.32. The summed E-state index contributed by atoms with van der Waals surface area (Å²) in [5.41, 5.74) is 6.48. The highest BCUT2D eigenvalue weighted by molar-refractivity contribution is 5.79. The van der Waals surface area contributed by atoms with Crippen molar-refractivity contribution in [2.24, 2.45) is 10.7 Å². The Hall–Kier alpha value is -2.32. The summed E-state index contributed by atoms with van der Waals surface area (Å²) in [4.78, 5) is 3.99. The van der Waals surface area contributed by atoms with Crippen molar-refractivity contribution in [1.82, 2.24) is 5.32 Å². The first-order valence-electron chi connectivity index (χ1n) is 5.39. The number of hydrogen-bond donors (Lipinski definition) is 3. The van der Waals surface area contributed by atoms with Gasteiger partial charge in [-0.05, 0) is 12.0 Å². The average Bonchev–Trinajstić information content (AvgIpc) is 2.41. The second kappa shape index (κ2) is 9.87. The Kier molecular flexibility index (Phi) is 8.60.